The molecule has 0 unspecified atom stereocenters. The molecule has 2 aliphatic heterocycles. The zero-order valence-corrected chi connectivity index (χ0v) is 16.0. The standard InChI is InChI=1S/C19H21ClN2O3S/c20-14-1-3-15(4-2-14)26-12-18(23)22-8-5-17-16(11-22)21-19(25-17)13-6-9-24-10-7-13/h1-4,13H,5-12H2. The third kappa shape index (κ3) is 4.08. The topological polar surface area (TPSA) is 55.6 Å². The fraction of sp³-hybridized carbons (Fsp3) is 0.474. The quantitative estimate of drug-likeness (QED) is 0.738. The summed E-state index contributed by atoms with van der Waals surface area (Å²) in [4.78, 5) is 20.2. The fourth-order valence-corrected chi connectivity index (χ4v) is 4.24. The van der Waals surface area contributed by atoms with Gasteiger partial charge in [0, 0.05) is 42.0 Å². The number of nitrogens with zero attached hydrogens (tertiary/aromatic N) is 2. The summed E-state index contributed by atoms with van der Waals surface area (Å²) in [5.74, 6) is 2.66. The second-order valence-corrected chi connectivity index (χ2v) is 8.10. The van der Waals surface area contributed by atoms with Gasteiger partial charge in [0.05, 0.1) is 12.3 Å². The summed E-state index contributed by atoms with van der Waals surface area (Å²) < 4.78 is 11.4. The highest BCUT2D eigenvalue weighted by molar-refractivity contribution is 8.00. The van der Waals surface area contributed by atoms with Crippen LogP contribution in [0.4, 0.5) is 0 Å². The van der Waals surface area contributed by atoms with Crippen molar-refractivity contribution in [2.45, 2.75) is 36.6 Å². The van der Waals surface area contributed by atoms with Crippen LogP contribution in [0.1, 0.15) is 36.1 Å². The maximum Gasteiger partial charge on any atom is 0.233 e. The van der Waals surface area contributed by atoms with Gasteiger partial charge in [-0.3, -0.25) is 4.79 Å². The summed E-state index contributed by atoms with van der Waals surface area (Å²) in [5.41, 5.74) is 0.919. The average molecular weight is 393 g/mol. The maximum absolute atomic E-state index is 12.6. The van der Waals surface area contributed by atoms with Crippen molar-refractivity contribution in [1.82, 2.24) is 9.88 Å². The molecule has 0 spiro atoms. The van der Waals surface area contributed by atoms with E-state index in [1.807, 2.05) is 29.2 Å². The van der Waals surface area contributed by atoms with E-state index < -0.39 is 0 Å². The molecule has 0 atom stereocenters. The highest BCUT2D eigenvalue weighted by Crippen LogP contribution is 2.30. The summed E-state index contributed by atoms with van der Waals surface area (Å²) >= 11 is 7.43. The number of carbonyl (C=O) groups is 1. The van der Waals surface area contributed by atoms with Crippen molar-refractivity contribution >= 4 is 29.3 Å². The van der Waals surface area contributed by atoms with E-state index in [0.717, 1.165) is 54.7 Å². The lowest BCUT2D eigenvalue weighted by Gasteiger charge is -2.25. The molecule has 2 aliphatic rings. The van der Waals surface area contributed by atoms with E-state index in [-0.39, 0.29) is 5.91 Å². The largest absolute Gasteiger partial charge is 0.445 e. The molecule has 26 heavy (non-hydrogen) atoms. The van der Waals surface area contributed by atoms with Gasteiger partial charge in [0.1, 0.15) is 11.5 Å². The molecular formula is C19H21ClN2O3S. The fourth-order valence-electron chi connectivity index (χ4n) is 3.32. The minimum atomic E-state index is 0.131. The van der Waals surface area contributed by atoms with Crippen LogP contribution in [0, 0.1) is 0 Å². The highest BCUT2D eigenvalue weighted by atomic mass is 35.5. The molecule has 0 saturated carbocycles. The Hall–Kier alpha value is -1.50. The number of ether oxygens (including phenoxy) is 1. The summed E-state index contributed by atoms with van der Waals surface area (Å²) in [7, 11) is 0. The van der Waals surface area contributed by atoms with Crippen LogP contribution in [0.25, 0.3) is 0 Å². The molecule has 0 N–H and O–H groups in total. The molecule has 0 radical (unpaired) electrons. The Kier molecular flexibility index (Phi) is 5.52. The highest BCUT2D eigenvalue weighted by Gasteiger charge is 2.28. The number of fused-ring (bicyclic) bond motifs is 1. The lowest BCUT2D eigenvalue weighted by atomic mass is 10.0. The van der Waals surface area contributed by atoms with Crippen LogP contribution in [0.2, 0.25) is 5.02 Å². The Labute approximate surface area is 162 Å². The van der Waals surface area contributed by atoms with Gasteiger partial charge in [-0.25, -0.2) is 4.98 Å². The number of aromatic nitrogens is 1. The lowest BCUT2D eigenvalue weighted by molar-refractivity contribution is -0.129. The summed E-state index contributed by atoms with van der Waals surface area (Å²) in [5, 5.41) is 0.704. The van der Waals surface area contributed by atoms with Gasteiger partial charge in [0.2, 0.25) is 5.91 Å². The molecule has 5 nitrogen and oxygen atoms in total. The zero-order valence-electron chi connectivity index (χ0n) is 14.4. The van der Waals surface area contributed by atoms with Crippen LogP contribution in [-0.4, -0.2) is 41.3 Å². The monoisotopic (exact) mass is 392 g/mol. The van der Waals surface area contributed by atoms with E-state index in [9.17, 15) is 4.79 Å². The molecule has 3 heterocycles. The third-order valence-corrected chi connectivity index (χ3v) is 6.09. The summed E-state index contributed by atoms with van der Waals surface area (Å²) in [6.07, 6.45) is 2.66. The van der Waals surface area contributed by atoms with Gasteiger partial charge in [0.15, 0.2) is 5.89 Å². The summed E-state index contributed by atoms with van der Waals surface area (Å²) in [6, 6.07) is 7.56. The molecule has 4 rings (SSSR count). The van der Waals surface area contributed by atoms with Gasteiger partial charge in [0.25, 0.3) is 0 Å². The van der Waals surface area contributed by atoms with Crippen molar-refractivity contribution in [2.75, 3.05) is 25.5 Å². The molecule has 7 heteroatoms. The Morgan fingerprint density at radius 3 is 2.81 bits per heavy atom. The number of benzene rings is 1. The minimum Gasteiger partial charge on any atom is -0.445 e. The van der Waals surface area contributed by atoms with Gasteiger partial charge in [-0.2, -0.15) is 0 Å². The van der Waals surface area contributed by atoms with Crippen LogP contribution in [0.5, 0.6) is 0 Å². The Morgan fingerprint density at radius 2 is 2.04 bits per heavy atom. The number of oxazole rings is 1. The summed E-state index contributed by atoms with van der Waals surface area (Å²) in [6.45, 7) is 2.77. The van der Waals surface area contributed by atoms with Crippen molar-refractivity contribution in [3.05, 3.63) is 46.6 Å². The predicted octanol–water partition coefficient (Wildman–Crippen LogP) is 3.90. The van der Waals surface area contributed by atoms with Gasteiger partial charge in [-0.1, -0.05) is 11.6 Å². The second-order valence-electron chi connectivity index (χ2n) is 6.62. The Morgan fingerprint density at radius 1 is 1.27 bits per heavy atom. The van der Waals surface area contributed by atoms with Crippen molar-refractivity contribution < 1.29 is 13.9 Å². The van der Waals surface area contributed by atoms with E-state index in [0.29, 0.717) is 29.8 Å². The van der Waals surface area contributed by atoms with Gasteiger partial charge < -0.3 is 14.1 Å². The van der Waals surface area contributed by atoms with Crippen molar-refractivity contribution in [2.24, 2.45) is 0 Å². The molecule has 1 aromatic heterocycles. The number of hydrogen-bond acceptors (Lipinski definition) is 5. The molecule has 0 aliphatic carbocycles. The lowest BCUT2D eigenvalue weighted by Crippen LogP contribution is -2.36. The minimum absolute atomic E-state index is 0.131. The first-order valence-corrected chi connectivity index (χ1v) is 10.3. The smallest absolute Gasteiger partial charge is 0.233 e. The molecule has 138 valence electrons. The first kappa shape index (κ1) is 17.9. The van der Waals surface area contributed by atoms with Crippen LogP contribution < -0.4 is 0 Å². The first-order valence-electron chi connectivity index (χ1n) is 8.91. The Bertz CT molecular complexity index is 772. The number of hydrogen-bond donors (Lipinski definition) is 0. The van der Waals surface area contributed by atoms with Gasteiger partial charge in [-0.05, 0) is 37.1 Å². The SMILES string of the molecule is O=C(CSc1ccc(Cl)cc1)N1CCc2oc(C3CCOCC3)nc2C1. The predicted molar refractivity (Wildman–Crippen MR) is 101 cm³/mol. The molecule has 2 aromatic rings. The number of rotatable bonds is 4. The Balaban J connectivity index is 1.35. The molecule has 1 saturated heterocycles. The van der Waals surface area contributed by atoms with E-state index in [1.54, 1.807) is 0 Å². The number of halogens is 1. The second kappa shape index (κ2) is 8.03. The van der Waals surface area contributed by atoms with E-state index in [2.05, 4.69) is 0 Å². The molecule has 1 amide bonds. The van der Waals surface area contributed by atoms with Crippen LogP contribution in [-0.2, 0) is 22.5 Å². The van der Waals surface area contributed by atoms with Crippen LogP contribution in [0.3, 0.4) is 0 Å². The maximum atomic E-state index is 12.6. The molecular weight excluding hydrogens is 372 g/mol. The number of amides is 1. The normalized spacial score (nSPS) is 18.0. The van der Waals surface area contributed by atoms with Crippen molar-refractivity contribution in [1.29, 1.82) is 0 Å². The van der Waals surface area contributed by atoms with Gasteiger partial charge >= 0.3 is 0 Å². The van der Waals surface area contributed by atoms with Crippen molar-refractivity contribution in [3.63, 3.8) is 0 Å². The van der Waals surface area contributed by atoms with E-state index in [1.165, 1.54) is 11.8 Å². The molecule has 1 fully saturated rings. The first-order chi connectivity index (χ1) is 12.7. The van der Waals surface area contributed by atoms with Crippen molar-refractivity contribution in [3.8, 4) is 0 Å². The van der Waals surface area contributed by atoms with Gasteiger partial charge in [-0.15, -0.1) is 11.8 Å². The van der Waals surface area contributed by atoms with E-state index >= 15 is 0 Å². The van der Waals surface area contributed by atoms with E-state index in [4.69, 9.17) is 25.7 Å². The molecule has 0 bridgehead atoms. The average Bonchev–Trinajstić information content (AvgIpc) is 3.11. The van der Waals surface area contributed by atoms with Crippen LogP contribution in [0.15, 0.2) is 33.6 Å². The van der Waals surface area contributed by atoms with Crippen LogP contribution >= 0.6 is 23.4 Å². The number of thioether (sulfide) groups is 1. The third-order valence-electron chi connectivity index (χ3n) is 4.84. The molecule has 1 aromatic carbocycles. The zero-order chi connectivity index (χ0) is 17.9. The number of carbonyl (C=O) groups excluding carboxylic acids is 1.